The van der Waals surface area contributed by atoms with E-state index in [9.17, 15) is 14.4 Å². The molecule has 0 spiro atoms. The van der Waals surface area contributed by atoms with Crippen molar-refractivity contribution in [1.29, 1.82) is 0 Å². The van der Waals surface area contributed by atoms with Crippen molar-refractivity contribution in [2.75, 3.05) is 41.1 Å². The molecule has 10 heteroatoms. The molecule has 0 saturated carbocycles. The van der Waals surface area contributed by atoms with Gasteiger partial charge in [-0.05, 0) is 24.3 Å². The van der Waals surface area contributed by atoms with Gasteiger partial charge in [-0.2, -0.15) is 0 Å². The highest BCUT2D eigenvalue weighted by molar-refractivity contribution is 6.05. The largest absolute Gasteiger partial charge is 0.496 e. The maximum atomic E-state index is 13.5. The molecule has 0 saturated heterocycles. The zero-order valence-electron chi connectivity index (χ0n) is 19.7. The lowest BCUT2D eigenvalue weighted by Gasteiger charge is -2.27. The van der Waals surface area contributed by atoms with E-state index < -0.39 is 17.9 Å². The lowest BCUT2D eigenvalue weighted by Crippen LogP contribution is -2.52. The smallest absolute Gasteiger partial charge is 0.337 e. The minimum Gasteiger partial charge on any atom is -0.496 e. The number of para-hydroxylation sites is 1. The van der Waals surface area contributed by atoms with Crippen LogP contribution in [0.5, 0.6) is 11.5 Å². The van der Waals surface area contributed by atoms with Crippen LogP contribution >= 0.6 is 0 Å². The summed E-state index contributed by atoms with van der Waals surface area (Å²) in [7, 11) is 4.35. The Bertz CT molecular complexity index is 1250. The van der Waals surface area contributed by atoms with Gasteiger partial charge in [-0.15, -0.1) is 0 Å². The number of amides is 2. The molecule has 1 aliphatic rings. The highest BCUT2D eigenvalue weighted by atomic mass is 16.5. The third kappa shape index (κ3) is 4.78. The molecule has 1 aromatic heterocycles. The third-order valence-electron chi connectivity index (χ3n) is 5.77. The van der Waals surface area contributed by atoms with E-state index in [0.717, 1.165) is 5.56 Å². The van der Waals surface area contributed by atoms with Crippen LogP contribution in [0, 0.1) is 0 Å². The summed E-state index contributed by atoms with van der Waals surface area (Å²) < 4.78 is 27.0. The Morgan fingerprint density at radius 1 is 1.14 bits per heavy atom. The molecule has 0 bridgehead atoms. The van der Waals surface area contributed by atoms with Gasteiger partial charge in [-0.1, -0.05) is 18.2 Å². The molecule has 0 fully saturated rings. The van der Waals surface area contributed by atoms with Gasteiger partial charge in [-0.3, -0.25) is 9.59 Å². The average molecular weight is 482 g/mol. The molecule has 1 atom stereocenters. The van der Waals surface area contributed by atoms with E-state index in [-0.39, 0.29) is 49.3 Å². The number of hydrogen-bond acceptors (Lipinski definition) is 8. The quantitative estimate of drug-likeness (QED) is 0.487. The normalized spacial score (nSPS) is 15.2. The molecule has 184 valence electrons. The number of carbonyl (C=O) groups excluding carboxylic acids is 3. The number of methoxy groups -OCH3 is 3. The van der Waals surface area contributed by atoms with Gasteiger partial charge in [0.25, 0.3) is 5.91 Å². The Morgan fingerprint density at radius 2 is 1.94 bits per heavy atom. The fraction of sp³-hybridized carbons (Fsp3) is 0.320. The number of nitrogens with zero attached hydrogens (tertiary/aromatic N) is 1. The van der Waals surface area contributed by atoms with Crippen molar-refractivity contribution in [3.05, 3.63) is 59.4 Å². The summed E-state index contributed by atoms with van der Waals surface area (Å²) in [4.78, 5) is 39.9. The van der Waals surface area contributed by atoms with Gasteiger partial charge in [0.15, 0.2) is 5.75 Å². The van der Waals surface area contributed by atoms with Crippen molar-refractivity contribution in [3.63, 3.8) is 0 Å². The molecule has 2 aromatic carbocycles. The van der Waals surface area contributed by atoms with E-state index in [4.69, 9.17) is 23.4 Å². The number of benzene rings is 2. The second-order valence-electron chi connectivity index (χ2n) is 7.81. The molecule has 2 amide bonds. The fourth-order valence-electron chi connectivity index (χ4n) is 3.94. The molecule has 35 heavy (non-hydrogen) atoms. The minimum atomic E-state index is -0.917. The Morgan fingerprint density at radius 3 is 2.69 bits per heavy atom. The second kappa shape index (κ2) is 10.5. The molecule has 1 aliphatic heterocycles. The standard InChI is InChI=1S/C25H26N2O8/c1-31-11-10-27-18(23(28)26-13-16-6-4-5-7-19(16)32-2)14-34-21-17-9-8-15(25(30)33-3)12-20(17)35-22(21)24(27)29/h4-9,12,18H,10-11,13-14H2,1-3H3,(H,26,28). The Labute approximate surface area is 201 Å². The lowest BCUT2D eigenvalue weighted by atomic mass is 10.1. The summed E-state index contributed by atoms with van der Waals surface area (Å²) in [5, 5.41) is 3.38. The molecule has 3 aromatic rings. The second-order valence-corrected chi connectivity index (χ2v) is 7.81. The van der Waals surface area contributed by atoms with E-state index >= 15 is 0 Å². The van der Waals surface area contributed by atoms with Gasteiger partial charge in [-0.25, -0.2) is 4.79 Å². The first kappa shape index (κ1) is 24.1. The first-order valence-corrected chi connectivity index (χ1v) is 11.0. The van der Waals surface area contributed by atoms with Crippen LogP contribution in [0.4, 0.5) is 0 Å². The monoisotopic (exact) mass is 482 g/mol. The fourth-order valence-corrected chi connectivity index (χ4v) is 3.94. The number of nitrogens with one attached hydrogen (secondary N) is 1. The summed E-state index contributed by atoms with van der Waals surface area (Å²) in [6.07, 6.45) is 0. The predicted molar refractivity (Wildman–Crippen MR) is 125 cm³/mol. The molecule has 10 nitrogen and oxygen atoms in total. The predicted octanol–water partition coefficient (Wildman–Crippen LogP) is 2.39. The maximum absolute atomic E-state index is 13.5. The van der Waals surface area contributed by atoms with Crippen LogP contribution in [0.1, 0.15) is 26.5 Å². The molecule has 0 radical (unpaired) electrons. The summed E-state index contributed by atoms with van der Waals surface area (Å²) >= 11 is 0. The average Bonchev–Trinajstić information content (AvgIpc) is 3.19. The molecule has 1 unspecified atom stereocenters. The third-order valence-corrected chi connectivity index (χ3v) is 5.77. The summed E-state index contributed by atoms with van der Waals surface area (Å²) in [5.74, 6) is -0.596. The molecular formula is C25H26N2O8. The number of ether oxygens (including phenoxy) is 4. The highest BCUT2D eigenvalue weighted by Gasteiger charge is 2.38. The van der Waals surface area contributed by atoms with Crippen molar-refractivity contribution in [2.45, 2.75) is 12.6 Å². The molecular weight excluding hydrogens is 456 g/mol. The van der Waals surface area contributed by atoms with Crippen LogP contribution in [0.25, 0.3) is 11.0 Å². The molecule has 1 N–H and O–H groups in total. The summed E-state index contributed by atoms with van der Waals surface area (Å²) in [6.45, 7) is 0.488. The van der Waals surface area contributed by atoms with Gasteiger partial charge >= 0.3 is 5.97 Å². The maximum Gasteiger partial charge on any atom is 0.337 e. The first-order chi connectivity index (χ1) is 17.0. The SMILES string of the molecule is COCCN1C(=O)c2oc3cc(C(=O)OC)ccc3c2OCC1C(=O)NCc1ccccc1OC. The summed E-state index contributed by atoms with van der Waals surface area (Å²) in [6, 6.07) is 11.1. The number of esters is 1. The lowest BCUT2D eigenvalue weighted by molar-refractivity contribution is -0.126. The van der Waals surface area contributed by atoms with Crippen molar-refractivity contribution < 1.29 is 37.7 Å². The number of rotatable bonds is 8. The molecule has 2 heterocycles. The van der Waals surface area contributed by atoms with Crippen LogP contribution in [0.15, 0.2) is 46.9 Å². The zero-order valence-corrected chi connectivity index (χ0v) is 19.7. The van der Waals surface area contributed by atoms with Crippen LogP contribution < -0.4 is 14.8 Å². The Kier molecular flexibility index (Phi) is 7.21. The van der Waals surface area contributed by atoms with Crippen molar-refractivity contribution in [1.82, 2.24) is 10.2 Å². The number of carbonyl (C=O) groups is 3. The number of hydrogen-bond donors (Lipinski definition) is 1. The van der Waals surface area contributed by atoms with Crippen molar-refractivity contribution in [3.8, 4) is 11.5 Å². The van der Waals surface area contributed by atoms with Gasteiger partial charge in [0.05, 0.1) is 31.8 Å². The van der Waals surface area contributed by atoms with E-state index in [1.807, 2.05) is 18.2 Å². The van der Waals surface area contributed by atoms with Crippen LogP contribution in [-0.2, 0) is 20.8 Å². The van der Waals surface area contributed by atoms with E-state index in [1.54, 1.807) is 25.3 Å². The van der Waals surface area contributed by atoms with Crippen molar-refractivity contribution in [2.24, 2.45) is 0 Å². The van der Waals surface area contributed by atoms with Crippen LogP contribution in [0.3, 0.4) is 0 Å². The zero-order chi connectivity index (χ0) is 24.9. The van der Waals surface area contributed by atoms with Crippen molar-refractivity contribution >= 4 is 28.8 Å². The number of fused-ring (bicyclic) bond motifs is 3. The van der Waals surface area contributed by atoms with Gasteiger partial charge < -0.3 is 33.6 Å². The number of furan rings is 1. The Balaban J connectivity index is 1.61. The topological polar surface area (TPSA) is 117 Å². The Hall–Kier alpha value is -4.05. The van der Waals surface area contributed by atoms with E-state index in [2.05, 4.69) is 5.32 Å². The minimum absolute atomic E-state index is 0.0434. The molecule has 4 rings (SSSR count). The highest BCUT2D eigenvalue weighted by Crippen LogP contribution is 2.37. The van der Waals surface area contributed by atoms with Gasteiger partial charge in [0, 0.05) is 25.8 Å². The molecule has 0 aliphatic carbocycles. The van der Waals surface area contributed by atoms with Gasteiger partial charge in [0.2, 0.25) is 11.7 Å². The summed E-state index contributed by atoms with van der Waals surface area (Å²) in [5.41, 5.74) is 1.38. The van der Waals surface area contributed by atoms with Crippen LogP contribution in [0.2, 0.25) is 0 Å². The van der Waals surface area contributed by atoms with Crippen LogP contribution in [-0.4, -0.2) is 69.8 Å². The first-order valence-electron chi connectivity index (χ1n) is 11.0. The van der Waals surface area contributed by atoms with E-state index in [0.29, 0.717) is 16.7 Å². The van der Waals surface area contributed by atoms with Gasteiger partial charge in [0.1, 0.15) is 24.0 Å². The van der Waals surface area contributed by atoms with E-state index in [1.165, 1.54) is 25.2 Å².